The molecule has 4 heteroatoms. The quantitative estimate of drug-likeness (QED) is 0.694. The Morgan fingerprint density at radius 2 is 1.96 bits per heavy atom. The average Bonchev–Trinajstić information content (AvgIpc) is 2.99. The summed E-state index contributed by atoms with van der Waals surface area (Å²) in [6.07, 6.45) is 5.34. The van der Waals surface area contributed by atoms with E-state index in [1.165, 1.54) is 31.0 Å². The highest BCUT2D eigenvalue weighted by molar-refractivity contribution is 5.85. The van der Waals surface area contributed by atoms with E-state index in [1.807, 2.05) is 24.3 Å². The number of hydrogen-bond acceptors (Lipinski definition) is 2. The highest BCUT2D eigenvalue weighted by Crippen LogP contribution is 2.22. The molecule has 2 nitrogen and oxygen atoms in total. The van der Waals surface area contributed by atoms with Crippen LogP contribution in [0.15, 0.2) is 48.5 Å². The maximum absolute atomic E-state index is 13.3. The monoisotopic (exact) mass is 363 g/mol. The summed E-state index contributed by atoms with van der Waals surface area (Å²) in [5.74, 6) is 0.798. The molecule has 0 aromatic heterocycles. The van der Waals surface area contributed by atoms with Gasteiger partial charge in [-0.2, -0.15) is 0 Å². The first-order chi connectivity index (χ1) is 11.7. The van der Waals surface area contributed by atoms with Gasteiger partial charge in [0.25, 0.3) is 0 Å². The molecule has 0 radical (unpaired) electrons. The van der Waals surface area contributed by atoms with E-state index in [-0.39, 0.29) is 18.2 Å². The van der Waals surface area contributed by atoms with Crippen molar-refractivity contribution in [2.24, 2.45) is 0 Å². The molecule has 1 aliphatic heterocycles. The van der Waals surface area contributed by atoms with Crippen molar-refractivity contribution in [2.45, 2.75) is 38.1 Å². The Hall–Kier alpha value is -1.58. The summed E-state index contributed by atoms with van der Waals surface area (Å²) in [6.45, 7) is 1.96. The van der Waals surface area contributed by atoms with Gasteiger partial charge in [0.05, 0.1) is 6.61 Å². The topological polar surface area (TPSA) is 12.5 Å². The number of para-hydroxylation sites is 1. The van der Waals surface area contributed by atoms with Crippen LogP contribution in [0.3, 0.4) is 0 Å². The van der Waals surface area contributed by atoms with E-state index in [0.717, 1.165) is 37.2 Å². The maximum Gasteiger partial charge on any atom is 0.123 e. The fraction of sp³-hybridized carbons (Fsp3) is 0.429. The SMILES string of the molecule is CN1CCCC1CCOc1ccccc1CCc1cccc(F)c1.Cl. The lowest BCUT2D eigenvalue weighted by atomic mass is 10.0. The first kappa shape index (κ1) is 19.7. The van der Waals surface area contributed by atoms with Gasteiger partial charge in [0.2, 0.25) is 0 Å². The van der Waals surface area contributed by atoms with Crippen LogP contribution in [0.1, 0.15) is 30.4 Å². The average molecular weight is 364 g/mol. The molecule has 0 N–H and O–H groups in total. The number of aryl methyl sites for hydroxylation is 2. The van der Waals surface area contributed by atoms with E-state index in [2.05, 4.69) is 18.0 Å². The molecule has 0 saturated carbocycles. The lowest BCUT2D eigenvalue weighted by Gasteiger charge is -2.20. The van der Waals surface area contributed by atoms with Gasteiger partial charge in [-0.1, -0.05) is 30.3 Å². The van der Waals surface area contributed by atoms with Gasteiger partial charge in [0, 0.05) is 6.04 Å². The number of ether oxygens (including phenoxy) is 1. The van der Waals surface area contributed by atoms with Gasteiger partial charge < -0.3 is 9.64 Å². The van der Waals surface area contributed by atoms with Gasteiger partial charge in [-0.05, 0) is 75.0 Å². The molecule has 1 atom stereocenters. The maximum atomic E-state index is 13.3. The van der Waals surface area contributed by atoms with Crippen LogP contribution in [0, 0.1) is 5.82 Å². The summed E-state index contributed by atoms with van der Waals surface area (Å²) in [4.78, 5) is 2.43. The molecule has 2 aromatic rings. The van der Waals surface area contributed by atoms with Crippen LogP contribution >= 0.6 is 12.4 Å². The van der Waals surface area contributed by atoms with Gasteiger partial charge in [0.1, 0.15) is 11.6 Å². The summed E-state index contributed by atoms with van der Waals surface area (Å²) in [7, 11) is 2.20. The smallest absolute Gasteiger partial charge is 0.123 e. The van der Waals surface area contributed by atoms with Crippen LogP contribution < -0.4 is 4.74 Å². The van der Waals surface area contributed by atoms with E-state index in [1.54, 1.807) is 12.1 Å². The van der Waals surface area contributed by atoms with Crippen molar-refractivity contribution in [1.82, 2.24) is 4.90 Å². The largest absolute Gasteiger partial charge is 0.493 e. The Morgan fingerprint density at radius 1 is 1.12 bits per heavy atom. The fourth-order valence-corrected chi connectivity index (χ4v) is 3.47. The normalized spacial score (nSPS) is 17.3. The number of benzene rings is 2. The van der Waals surface area contributed by atoms with Crippen LogP contribution in [0.25, 0.3) is 0 Å². The molecule has 25 heavy (non-hydrogen) atoms. The van der Waals surface area contributed by atoms with Crippen molar-refractivity contribution in [3.63, 3.8) is 0 Å². The van der Waals surface area contributed by atoms with Crippen molar-refractivity contribution in [3.05, 3.63) is 65.5 Å². The van der Waals surface area contributed by atoms with Gasteiger partial charge in [-0.25, -0.2) is 4.39 Å². The third kappa shape index (κ3) is 5.72. The number of likely N-dealkylation sites (tertiary alicyclic amines) is 1. The Balaban J connectivity index is 0.00000225. The highest BCUT2D eigenvalue weighted by atomic mass is 35.5. The molecule has 0 spiro atoms. The first-order valence-electron chi connectivity index (χ1n) is 8.88. The number of halogens is 2. The van der Waals surface area contributed by atoms with Gasteiger partial charge in [-0.3, -0.25) is 0 Å². The van der Waals surface area contributed by atoms with Crippen LogP contribution in [0.5, 0.6) is 5.75 Å². The summed E-state index contributed by atoms with van der Waals surface area (Å²) in [6, 6.07) is 15.7. The van der Waals surface area contributed by atoms with E-state index in [0.29, 0.717) is 6.04 Å². The van der Waals surface area contributed by atoms with Gasteiger partial charge in [-0.15, -0.1) is 12.4 Å². The third-order valence-corrected chi connectivity index (χ3v) is 4.92. The second-order valence-electron chi connectivity index (χ2n) is 6.65. The minimum absolute atomic E-state index is 0. The highest BCUT2D eigenvalue weighted by Gasteiger charge is 2.20. The Morgan fingerprint density at radius 3 is 2.72 bits per heavy atom. The minimum atomic E-state index is -0.169. The van der Waals surface area contributed by atoms with Crippen LogP contribution in [-0.4, -0.2) is 31.1 Å². The predicted molar refractivity (Wildman–Crippen MR) is 103 cm³/mol. The molecule has 1 unspecified atom stereocenters. The molecule has 0 amide bonds. The second-order valence-corrected chi connectivity index (χ2v) is 6.65. The van der Waals surface area contributed by atoms with Crippen molar-refractivity contribution < 1.29 is 9.13 Å². The molecular formula is C21H27ClFNO. The van der Waals surface area contributed by atoms with Crippen molar-refractivity contribution in [1.29, 1.82) is 0 Å². The minimum Gasteiger partial charge on any atom is -0.493 e. The summed E-state index contributed by atoms with van der Waals surface area (Å²) in [5, 5.41) is 0. The lowest BCUT2D eigenvalue weighted by Crippen LogP contribution is -2.26. The molecule has 1 saturated heterocycles. The molecule has 0 aliphatic carbocycles. The number of nitrogens with zero attached hydrogens (tertiary/aromatic N) is 1. The molecule has 3 rings (SSSR count). The molecule has 2 aromatic carbocycles. The van der Waals surface area contributed by atoms with E-state index in [4.69, 9.17) is 4.74 Å². The molecule has 0 bridgehead atoms. The van der Waals surface area contributed by atoms with Gasteiger partial charge in [0.15, 0.2) is 0 Å². The molecule has 1 fully saturated rings. The summed E-state index contributed by atoms with van der Waals surface area (Å²) in [5.41, 5.74) is 2.22. The van der Waals surface area contributed by atoms with E-state index in [9.17, 15) is 4.39 Å². The summed E-state index contributed by atoms with van der Waals surface area (Å²) >= 11 is 0. The van der Waals surface area contributed by atoms with Crippen LogP contribution in [0.4, 0.5) is 4.39 Å². The van der Waals surface area contributed by atoms with Crippen LogP contribution in [0.2, 0.25) is 0 Å². The Kier molecular flexibility index (Phi) is 7.73. The van der Waals surface area contributed by atoms with Crippen molar-refractivity contribution in [3.8, 4) is 5.75 Å². The van der Waals surface area contributed by atoms with Crippen LogP contribution in [-0.2, 0) is 12.8 Å². The molecule has 1 heterocycles. The first-order valence-corrected chi connectivity index (χ1v) is 8.88. The Labute approximate surface area is 156 Å². The molecule has 1 aliphatic rings. The predicted octanol–water partition coefficient (Wildman–Crippen LogP) is 4.90. The van der Waals surface area contributed by atoms with E-state index < -0.39 is 0 Å². The van der Waals surface area contributed by atoms with E-state index >= 15 is 0 Å². The number of rotatable bonds is 7. The zero-order valence-corrected chi connectivity index (χ0v) is 15.6. The van der Waals surface area contributed by atoms with Crippen molar-refractivity contribution in [2.75, 3.05) is 20.2 Å². The van der Waals surface area contributed by atoms with Crippen molar-refractivity contribution >= 4 is 12.4 Å². The lowest BCUT2D eigenvalue weighted by molar-refractivity contribution is 0.232. The standard InChI is InChI=1S/C21H26FNO.ClH/c1-23-14-5-9-20(23)13-15-24-21-10-3-2-7-18(21)12-11-17-6-4-8-19(22)16-17;/h2-4,6-8,10,16,20H,5,9,11-15H2,1H3;1H. The summed E-state index contributed by atoms with van der Waals surface area (Å²) < 4.78 is 19.3. The Bertz CT molecular complexity index is 664. The zero-order chi connectivity index (χ0) is 16.8. The molecular weight excluding hydrogens is 337 g/mol. The molecule has 136 valence electrons. The number of hydrogen-bond donors (Lipinski definition) is 0. The second kappa shape index (κ2) is 9.79. The fourth-order valence-electron chi connectivity index (χ4n) is 3.47. The third-order valence-electron chi connectivity index (χ3n) is 4.92. The van der Waals surface area contributed by atoms with Gasteiger partial charge >= 0.3 is 0 Å². The zero-order valence-electron chi connectivity index (χ0n) is 14.8.